The highest BCUT2D eigenvalue weighted by molar-refractivity contribution is 5.94. The number of hydrogen-bond acceptors (Lipinski definition) is 0. The molecule has 0 saturated carbocycles. The smallest absolute Gasteiger partial charge is 0.0215 e. The minimum atomic E-state index is -0.0206. The molecule has 6 aromatic rings. The van der Waals surface area contributed by atoms with Gasteiger partial charge < -0.3 is 0 Å². The molecule has 1 aliphatic carbocycles. The van der Waals surface area contributed by atoms with Gasteiger partial charge in [0.15, 0.2) is 0 Å². The third-order valence-corrected chi connectivity index (χ3v) is 12.3. The van der Waals surface area contributed by atoms with Crippen LogP contribution in [0.2, 0.25) is 0 Å². The van der Waals surface area contributed by atoms with Crippen LogP contribution in [0.4, 0.5) is 0 Å². The van der Waals surface area contributed by atoms with Gasteiger partial charge in [-0.15, -0.1) is 0 Å². The fraction of sp³-hybridized carbons (Fsp3) is 0.298. The number of hydrogen-bond donors (Lipinski definition) is 0. The van der Waals surface area contributed by atoms with Crippen LogP contribution in [0, 0.1) is 0 Å². The van der Waals surface area contributed by atoms with Crippen molar-refractivity contribution in [3.63, 3.8) is 0 Å². The fourth-order valence-electron chi connectivity index (χ4n) is 9.26. The Kier molecular flexibility index (Phi) is 14.2. The van der Waals surface area contributed by atoms with Crippen molar-refractivity contribution >= 4 is 23.3 Å². The highest BCUT2D eigenvalue weighted by Crippen LogP contribution is 2.55. The molecule has 0 fully saturated rings. The average molecular weight is 747 g/mol. The molecular weight excluding hydrogens is 685 g/mol. The Morgan fingerprint density at radius 3 is 1.02 bits per heavy atom. The summed E-state index contributed by atoms with van der Waals surface area (Å²) in [4.78, 5) is 0. The van der Waals surface area contributed by atoms with E-state index in [9.17, 15) is 0 Å². The van der Waals surface area contributed by atoms with Crippen LogP contribution in [0.1, 0.15) is 148 Å². The standard InChI is InChI=1S/C57H62/c1-3-5-7-9-11-25-39-57(40-26-12-10-8-6-4-2)55-43-45(41-53(47-27-17-13-18-28-47)48-29-19-14-20-30-48)35-37-51(55)52-38-36-46(44-56(52)57)42-54(49-31-21-15-22-32-49)50-33-23-16-24-34-50/h13-24,27-38,41-44H,3-12,25-26,39-40H2,1-2H3. The average Bonchev–Trinajstić information content (AvgIpc) is 3.53. The molecule has 7 rings (SSSR count). The van der Waals surface area contributed by atoms with Gasteiger partial charge in [0, 0.05) is 5.41 Å². The van der Waals surface area contributed by atoms with E-state index in [0.717, 1.165) is 0 Å². The zero-order valence-corrected chi connectivity index (χ0v) is 34.6. The molecule has 0 amide bonds. The summed E-state index contributed by atoms with van der Waals surface area (Å²) in [7, 11) is 0. The molecule has 1 aliphatic rings. The monoisotopic (exact) mass is 746 g/mol. The predicted molar refractivity (Wildman–Crippen MR) is 248 cm³/mol. The SMILES string of the molecule is CCCCCCCCC1(CCCCCCCC)c2cc(C=C(c3ccccc3)c3ccccc3)ccc2-c2ccc(C=C(c3ccccc3)c3ccccc3)cc21. The van der Waals surface area contributed by atoms with Gasteiger partial charge in [-0.2, -0.15) is 0 Å². The quantitative estimate of drug-likeness (QED) is 0.0539. The van der Waals surface area contributed by atoms with Crippen molar-refractivity contribution < 1.29 is 0 Å². The maximum absolute atomic E-state index is 2.59. The van der Waals surface area contributed by atoms with Gasteiger partial charge in [0.05, 0.1) is 0 Å². The molecular formula is C57H62. The molecule has 0 heterocycles. The Morgan fingerprint density at radius 1 is 0.368 bits per heavy atom. The van der Waals surface area contributed by atoms with Crippen LogP contribution in [-0.2, 0) is 5.41 Å². The minimum Gasteiger partial charge on any atom is -0.0654 e. The highest BCUT2D eigenvalue weighted by Gasteiger charge is 2.42. The molecule has 6 aromatic carbocycles. The molecule has 0 unspecified atom stereocenters. The summed E-state index contributed by atoms with van der Waals surface area (Å²) >= 11 is 0. The van der Waals surface area contributed by atoms with Crippen molar-refractivity contribution in [1.82, 2.24) is 0 Å². The normalized spacial score (nSPS) is 12.5. The van der Waals surface area contributed by atoms with Crippen LogP contribution in [0.25, 0.3) is 34.4 Å². The van der Waals surface area contributed by atoms with E-state index in [1.54, 1.807) is 11.1 Å². The summed E-state index contributed by atoms with van der Waals surface area (Å²) in [5.41, 5.74) is 16.1. The Hall–Kier alpha value is -5.20. The van der Waals surface area contributed by atoms with Crippen LogP contribution in [0.3, 0.4) is 0 Å². The van der Waals surface area contributed by atoms with E-state index in [0.29, 0.717) is 0 Å². The van der Waals surface area contributed by atoms with Crippen LogP contribution < -0.4 is 0 Å². The van der Waals surface area contributed by atoms with Crippen molar-refractivity contribution in [2.75, 3.05) is 0 Å². The molecule has 0 nitrogen and oxygen atoms in total. The van der Waals surface area contributed by atoms with Crippen LogP contribution in [0.15, 0.2) is 158 Å². The summed E-state index contributed by atoms with van der Waals surface area (Å²) in [5.74, 6) is 0. The van der Waals surface area contributed by atoms with E-state index >= 15 is 0 Å². The van der Waals surface area contributed by atoms with Crippen molar-refractivity contribution in [2.24, 2.45) is 0 Å². The van der Waals surface area contributed by atoms with Crippen molar-refractivity contribution in [2.45, 2.75) is 109 Å². The first-order chi connectivity index (χ1) is 28.2. The van der Waals surface area contributed by atoms with E-state index < -0.39 is 0 Å². The molecule has 57 heavy (non-hydrogen) atoms. The van der Waals surface area contributed by atoms with Gasteiger partial charge in [0.2, 0.25) is 0 Å². The largest absolute Gasteiger partial charge is 0.0654 e. The highest BCUT2D eigenvalue weighted by atomic mass is 14.5. The van der Waals surface area contributed by atoms with Gasteiger partial charge in [-0.25, -0.2) is 0 Å². The van der Waals surface area contributed by atoms with E-state index in [4.69, 9.17) is 0 Å². The Morgan fingerprint density at radius 2 is 0.684 bits per heavy atom. The first-order valence-electron chi connectivity index (χ1n) is 22.1. The molecule has 290 valence electrons. The second-order valence-corrected chi connectivity index (χ2v) is 16.3. The molecule has 0 aromatic heterocycles. The topological polar surface area (TPSA) is 0 Å². The first kappa shape index (κ1) is 40.0. The Bertz CT molecular complexity index is 1940. The van der Waals surface area contributed by atoms with Crippen molar-refractivity contribution in [3.05, 3.63) is 202 Å². The zero-order valence-electron chi connectivity index (χ0n) is 34.6. The Labute approximate surface area is 344 Å². The lowest BCUT2D eigenvalue weighted by Crippen LogP contribution is -2.25. The lowest BCUT2D eigenvalue weighted by Gasteiger charge is -2.33. The maximum Gasteiger partial charge on any atom is 0.0215 e. The lowest BCUT2D eigenvalue weighted by molar-refractivity contribution is 0.398. The number of benzene rings is 6. The fourth-order valence-corrected chi connectivity index (χ4v) is 9.26. The van der Waals surface area contributed by atoms with Gasteiger partial charge in [0.25, 0.3) is 0 Å². The number of unbranched alkanes of at least 4 members (excludes halogenated alkanes) is 10. The summed E-state index contributed by atoms with van der Waals surface area (Å²) in [6, 6.07) is 58.5. The third kappa shape index (κ3) is 9.85. The van der Waals surface area contributed by atoms with Gasteiger partial charge in [-0.05, 0) is 91.8 Å². The lowest BCUT2D eigenvalue weighted by atomic mass is 9.70. The summed E-state index contributed by atoms with van der Waals surface area (Å²) in [6.07, 6.45) is 23.0. The molecule has 0 aliphatic heterocycles. The summed E-state index contributed by atoms with van der Waals surface area (Å²) in [6.45, 7) is 4.64. The van der Waals surface area contributed by atoms with Crippen molar-refractivity contribution in [1.29, 1.82) is 0 Å². The summed E-state index contributed by atoms with van der Waals surface area (Å²) in [5, 5.41) is 0. The number of fused-ring (bicyclic) bond motifs is 3. The molecule has 0 heteroatoms. The zero-order chi connectivity index (χ0) is 39.1. The van der Waals surface area contributed by atoms with Crippen LogP contribution in [-0.4, -0.2) is 0 Å². The van der Waals surface area contributed by atoms with Gasteiger partial charge in [-0.3, -0.25) is 0 Å². The second-order valence-electron chi connectivity index (χ2n) is 16.3. The Balaban J connectivity index is 1.36. The predicted octanol–water partition coefficient (Wildman–Crippen LogP) is 16.6. The van der Waals surface area contributed by atoms with E-state index in [1.165, 1.54) is 146 Å². The number of rotatable bonds is 20. The molecule has 0 bridgehead atoms. The van der Waals surface area contributed by atoms with E-state index in [-0.39, 0.29) is 5.41 Å². The molecule has 0 radical (unpaired) electrons. The van der Waals surface area contributed by atoms with E-state index in [1.807, 2.05) is 0 Å². The van der Waals surface area contributed by atoms with Gasteiger partial charge >= 0.3 is 0 Å². The van der Waals surface area contributed by atoms with Crippen LogP contribution >= 0.6 is 0 Å². The molecule has 0 saturated heterocycles. The van der Waals surface area contributed by atoms with E-state index in [2.05, 4.69) is 184 Å². The van der Waals surface area contributed by atoms with Crippen LogP contribution in [0.5, 0.6) is 0 Å². The van der Waals surface area contributed by atoms with Gasteiger partial charge in [-0.1, -0.05) is 249 Å². The van der Waals surface area contributed by atoms with Gasteiger partial charge in [0.1, 0.15) is 0 Å². The minimum absolute atomic E-state index is 0.0206. The van der Waals surface area contributed by atoms with Crippen molar-refractivity contribution in [3.8, 4) is 11.1 Å². The molecule has 0 N–H and O–H groups in total. The molecule has 0 atom stereocenters. The summed E-state index contributed by atoms with van der Waals surface area (Å²) < 4.78 is 0. The molecule has 0 spiro atoms. The third-order valence-electron chi connectivity index (χ3n) is 12.3. The first-order valence-corrected chi connectivity index (χ1v) is 22.1. The maximum atomic E-state index is 2.59. The second kappa shape index (κ2) is 20.3.